The fourth-order valence-electron chi connectivity index (χ4n) is 2.47. The number of esters is 1. The first-order valence-corrected chi connectivity index (χ1v) is 7.91. The molecule has 2 heterocycles. The number of pyridine rings is 1. The summed E-state index contributed by atoms with van der Waals surface area (Å²) in [5, 5.41) is 1.06. The molecule has 0 atom stereocenters. The fraction of sp³-hybridized carbons (Fsp3) is 0.278. The number of aromatic nitrogens is 1. The molecule has 0 aliphatic heterocycles. The summed E-state index contributed by atoms with van der Waals surface area (Å²) in [6.07, 6.45) is -0.262. The van der Waals surface area contributed by atoms with Crippen molar-refractivity contribution in [2.24, 2.45) is 0 Å². The van der Waals surface area contributed by atoms with Gasteiger partial charge in [0.25, 0.3) is 0 Å². The van der Waals surface area contributed by atoms with Gasteiger partial charge < -0.3 is 9.15 Å². The number of ether oxygens (including phenoxy) is 1. The van der Waals surface area contributed by atoms with Gasteiger partial charge in [0.15, 0.2) is 0 Å². The third kappa shape index (κ3) is 2.76. The van der Waals surface area contributed by atoms with E-state index in [-0.39, 0.29) is 28.2 Å². The molecule has 0 saturated heterocycles. The van der Waals surface area contributed by atoms with Gasteiger partial charge in [-0.25, -0.2) is 9.78 Å². The molecule has 24 heavy (non-hydrogen) atoms. The van der Waals surface area contributed by atoms with Crippen molar-refractivity contribution in [3.05, 3.63) is 50.3 Å². The number of hydrogen-bond donors (Lipinski definition) is 0. The summed E-state index contributed by atoms with van der Waals surface area (Å²) in [6.45, 7) is 7.02. The van der Waals surface area contributed by atoms with Crippen LogP contribution in [0.25, 0.3) is 22.1 Å². The standard InChI is InChI=1S/C18H16ClNO4/c1-8(2)23-18(22)11-6-13-16(21)12-7-14(19)9(3)5-15(12)24-17(13)20-10(11)4/h5-8H,1-4H3. The minimum atomic E-state index is -0.515. The molecule has 3 aromatic rings. The highest BCUT2D eigenvalue weighted by Gasteiger charge is 2.18. The van der Waals surface area contributed by atoms with Crippen molar-refractivity contribution < 1.29 is 13.9 Å². The van der Waals surface area contributed by atoms with Crippen LogP contribution < -0.4 is 5.43 Å². The van der Waals surface area contributed by atoms with Gasteiger partial charge in [-0.1, -0.05) is 11.6 Å². The Morgan fingerprint density at radius 1 is 1.21 bits per heavy atom. The summed E-state index contributed by atoms with van der Waals surface area (Å²) in [5.74, 6) is -0.515. The van der Waals surface area contributed by atoms with Gasteiger partial charge in [-0.2, -0.15) is 0 Å². The van der Waals surface area contributed by atoms with Gasteiger partial charge in [-0.05, 0) is 51.5 Å². The van der Waals surface area contributed by atoms with E-state index in [9.17, 15) is 9.59 Å². The molecule has 124 valence electrons. The van der Waals surface area contributed by atoms with Crippen molar-refractivity contribution in [3.8, 4) is 0 Å². The maximum atomic E-state index is 12.7. The van der Waals surface area contributed by atoms with Gasteiger partial charge in [-0.3, -0.25) is 4.79 Å². The molecule has 3 rings (SSSR count). The predicted molar refractivity (Wildman–Crippen MR) is 92.8 cm³/mol. The van der Waals surface area contributed by atoms with Crippen LogP contribution in [-0.2, 0) is 4.74 Å². The molecule has 0 unspecified atom stereocenters. The second-order valence-corrected chi connectivity index (χ2v) is 6.36. The number of benzene rings is 1. The number of rotatable bonds is 2. The van der Waals surface area contributed by atoms with E-state index in [1.54, 1.807) is 32.9 Å². The second-order valence-electron chi connectivity index (χ2n) is 5.96. The molecule has 0 amide bonds. The predicted octanol–water partition coefficient (Wildman–Crippen LogP) is 4.18. The van der Waals surface area contributed by atoms with Gasteiger partial charge >= 0.3 is 5.97 Å². The van der Waals surface area contributed by atoms with Gasteiger partial charge in [0.2, 0.25) is 11.1 Å². The fourth-order valence-corrected chi connectivity index (χ4v) is 2.64. The third-order valence-electron chi connectivity index (χ3n) is 3.70. The van der Waals surface area contributed by atoms with Crippen LogP contribution in [-0.4, -0.2) is 17.1 Å². The van der Waals surface area contributed by atoms with E-state index in [4.69, 9.17) is 20.8 Å². The van der Waals surface area contributed by atoms with Crippen LogP contribution in [0.15, 0.2) is 27.4 Å². The summed E-state index contributed by atoms with van der Waals surface area (Å²) < 4.78 is 10.9. The minimum Gasteiger partial charge on any atom is -0.459 e. The lowest BCUT2D eigenvalue weighted by Gasteiger charge is -2.10. The number of nitrogens with zero attached hydrogens (tertiary/aromatic N) is 1. The topological polar surface area (TPSA) is 69.4 Å². The maximum absolute atomic E-state index is 12.7. The Labute approximate surface area is 143 Å². The summed E-state index contributed by atoms with van der Waals surface area (Å²) in [5.41, 5.74) is 1.83. The monoisotopic (exact) mass is 345 g/mol. The zero-order valence-electron chi connectivity index (χ0n) is 13.8. The molecule has 0 saturated carbocycles. The summed E-state index contributed by atoms with van der Waals surface area (Å²) in [7, 11) is 0. The smallest absolute Gasteiger partial charge is 0.340 e. The molecule has 0 bridgehead atoms. The molecule has 0 N–H and O–H groups in total. The maximum Gasteiger partial charge on any atom is 0.340 e. The normalized spacial score (nSPS) is 11.4. The number of halogens is 1. The Bertz CT molecular complexity index is 1040. The van der Waals surface area contributed by atoms with Gasteiger partial charge in [0, 0.05) is 5.02 Å². The first kappa shape index (κ1) is 16.5. The zero-order valence-corrected chi connectivity index (χ0v) is 14.5. The lowest BCUT2D eigenvalue weighted by molar-refractivity contribution is 0.0376. The van der Waals surface area contributed by atoms with E-state index < -0.39 is 5.97 Å². The lowest BCUT2D eigenvalue weighted by Crippen LogP contribution is -2.15. The van der Waals surface area contributed by atoms with Crippen LogP contribution in [0.5, 0.6) is 0 Å². The molecule has 0 aliphatic carbocycles. The molecule has 2 aromatic heterocycles. The van der Waals surface area contributed by atoms with E-state index in [1.807, 2.05) is 6.92 Å². The highest BCUT2D eigenvalue weighted by molar-refractivity contribution is 6.32. The average molecular weight is 346 g/mol. The van der Waals surface area contributed by atoms with Crippen LogP contribution in [0.2, 0.25) is 5.02 Å². The van der Waals surface area contributed by atoms with Crippen LogP contribution in [0.3, 0.4) is 0 Å². The zero-order chi connectivity index (χ0) is 17.6. The first-order valence-electron chi connectivity index (χ1n) is 7.53. The molecule has 0 radical (unpaired) electrons. The number of carbonyl (C=O) groups is 1. The van der Waals surface area contributed by atoms with E-state index in [0.717, 1.165) is 5.56 Å². The first-order chi connectivity index (χ1) is 11.3. The van der Waals surface area contributed by atoms with E-state index >= 15 is 0 Å². The van der Waals surface area contributed by atoms with Crippen molar-refractivity contribution in [1.29, 1.82) is 0 Å². The Morgan fingerprint density at radius 2 is 1.92 bits per heavy atom. The van der Waals surface area contributed by atoms with Crippen LogP contribution in [0.1, 0.15) is 35.5 Å². The minimum absolute atomic E-state index is 0.188. The third-order valence-corrected chi connectivity index (χ3v) is 4.10. The molecular formula is C18H16ClNO4. The highest BCUT2D eigenvalue weighted by atomic mass is 35.5. The van der Waals surface area contributed by atoms with E-state index in [2.05, 4.69) is 4.98 Å². The van der Waals surface area contributed by atoms with E-state index in [0.29, 0.717) is 21.7 Å². The molecular weight excluding hydrogens is 330 g/mol. The molecule has 5 nitrogen and oxygen atoms in total. The molecule has 0 spiro atoms. The molecule has 1 aromatic carbocycles. The molecule has 0 aliphatic rings. The van der Waals surface area contributed by atoms with Crippen molar-refractivity contribution >= 4 is 39.6 Å². The van der Waals surface area contributed by atoms with Crippen molar-refractivity contribution in [2.45, 2.75) is 33.8 Å². The van der Waals surface area contributed by atoms with Crippen molar-refractivity contribution in [1.82, 2.24) is 4.98 Å². The van der Waals surface area contributed by atoms with Gasteiger partial charge in [0.05, 0.1) is 28.1 Å². The molecule has 0 fully saturated rings. The van der Waals surface area contributed by atoms with Crippen molar-refractivity contribution in [3.63, 3.8) is 0 Å². The highest BCUT2D eigenvalue weighted by Crippen LogP contribution is 2.25. The Kier molecular flexibility index (Phi) is 4.05. The molecule has 6 heteroatoms. The van der Waals surface area contributed by atoms with Crippen LogP contribution in [0.4, 0.5) is 0 Å². The van der Waals surface area contributed by atoms with Crippen molar-refractivity contribution in [2.75, 3.05) is 0 Å². The summed E-state index contributed by atoms with van der Waals surface area (Å²) in [6, 6.07) is 4.75. The number of carbonyl (C=O) groups excluding carboxylic acids is 1. The van der Waals surface area contributed by atoms with Gasteiger partial charge in [0.1, 0.15) is 5.58 Å². The summed E-state index contributed by atoms with van der Waals surface area (Å²) in [4.78, 5) is 29.2. The largest absolute Gasteiger partial charge is 0.459 e. The second kappa shape index (κ2) is 5.91. The quantitative estimate of drug-likeness (QED) is 0.515. The Hall–Kier alpha value is -2.40. The number of aryl methyl sites for hydroxylation is 2. The SMILES string of the molecule is Cc1cc2oc3nc(C)c(C(=O)OC(C)C)cc3c(=O)c2cc1Cl. The van der Waals surface area contributed by atoms with Crippen LogP contribution >= 0.6 is 11.6 Å². The Morgan fingerprint density at radius 3 is 2.58 bits per heavy atom. The Balaban J connectivity index is 2.31. The lowest BCUT2D eigenvalue weighted by atomic mass is 10.1. The number of hydrogen-bond acceptors (Lipinski definition) is 5. The number of fused-ring (bicyclic) bond motifs is 2. The van der Waals surface area contributed by atoms with Crippen LogP contribution in [0, 0.1) is 13.8 Å². The summed E-state index contributed by atoms with van der Waals surface area (Å²) >= 11 is 6.10. The van der Waals surface area contributed by atoms with Gasteiger partial charge in [-0.15, -0.1) is 0 Å². The van der Waals surface area contributed by atoms with E-state index in [1.165, 1.54) is 6.07 Å². The average Bonchev–Trinajstić information content (AvgIpc) is 2.48.